The molecule has 0 bridgehead atoms. The maximum Gasteiger partial charge on any atom is 0.160 e. The van der Waals surface area contributed by atoms with Gasteiger partial charge >= 0.3 is 0 Å². The quantitative estimate of drug-likeness (QED) is 0.598. The van der Waals surface area contributed by atoms with Crippen LogP contribution in [0.15, 0.2) is 12.1 Å². The molecule has 0 saturated heterocycles. The summed E-state index contributed by atoms with van der Waals surface area (Å²) in [4.78, 5) is 12.3. The van der Waals surface area contributed by atoms with Gasteiger partial charge in [-0.25, -0.2) is 0 Å². The number of carbonyl (C=O) groups is 1. The van der Waals surface area contributed by atoms with Crippen molar-refractivity contribution in [1.82, 2.24) is 0 Å². The summed E-state index contributed by atoms with van der Waals surface area (Å²) in [6.07, 6.45) is 0. The second-order valence-corrected chi connectivity index (χ2v) is 9.25. The van der Waals surface area contributed by atoms with Crippen LogP contribution >= 0.6 is 0 Å². The van der Waals surface area contributed by atoms with E-state index in [0.717, 1.165) is 5.56 Å². The van der Waals surface area contributed by atoms with Crippen LogP contribution in [0.2, 0.25) is 0 Å². The van der Waals surface area contributed by atoms with E-state index in [-0.39, 0.29) is 22.0 Å². The van der Waals surface area contributed by atoms with Gasteiger partial charge in [-0.3, -0.25) is 4.79 Å². The third kappa shape index (κ3) is 3.96. The molecule has 0 unspecified atom stereocenters. The van der Waals surface area contributed by atoms with E-state index in [9.17, 15) is 4.79 Å². The highest BCUT2D eigenvalue weighted by Crippen LogP contribution is 2.38. The molecule has 1 aromatic rings. The van der Waals surface area contributed by atoms with Gasteiger partial charge in [-0.1, -0.05) is 74.4 Å². The molecule has 0 saturated carbocycles. The Morgan fingerprint density at radius 3 is 1.24 bits per heavy atom. The Labute approximate surface area is 131 Å². The van der Waals surface area contributed by atoms with Crippen molar-refractivity contribution in [1.29, 1.82) is 0 Å². The van der Waals surface area contributed by atoms with Gasteiger partial charge in [0, 0.05) is 5.56 Å². The summed E-state index contributed by atoms with van der Waals surface area (Å²) in [5.41, 5.74) is 4.57. The highest BCUT2D eigenvalue weighted by atomic mass is 16.1. The molecule has 1 rings (SSSR count). The van der Waals surface area contributed by atoms with E-state index < -0.39 is 0 Å². The predicted molar refractivity (Wildman–Crippen MR) is 92.5 cm³/mol. The Hall–Kier alpha value is -1.11. The Kier molecular flexibility index (Phi) is 4.50. The fourth-order valence-corrected chi connectivity index (χ4v) is 2.64. The van der Waals surface area contributed by atoms with Crippen LogP contribution in [0.4, 0.5) is 0 Å². The van der Waals surface area contributed by atoms with Gasteiger partial charge in [0.15, 0.2) is 5.78 Å². The zero-order valence-corrected chi connectivity index (χ0v) is 15.6. The van der Waals surface area contributed by atoms with Crippen molar-refractivity contribution in [2.45, 2.75) is 85.5 Å². The number of carbonyl (C=O) groups excluding carboxylic acids is 1. The van der Waals surface area contributed by atoms with Crippen LogP contribution in [0.1, 0.15) is 96.3 Å². The number of hydrogen-bond acceptors (Lipinski definition) is 1. The summed E-state index contributed by atoms with van der Waals surface area (Å²) in [6, 6.07) is 4.48. The van der Waals surface area contributed by atoms with Crippen molar-refractivity contribution in [3.8, 4) is 0 Å². The van der Waals surface area contributed by atoms with Crippen LogP contribution in [0.25, 0.3) is 0 Å². The minimum absolute atomic E-state index is 0.0394. The first-order valence-electron chi connectivity index (χ1n) is 7.86. The molecule has 0 fully saturated rings. The van der Waals surface area contributed by atoms with Gasteiger partial charge in [0.1, 0.15) is 0 Å². The van der Waals surface area contributed by atoms with Crippen molar-refractivity contribution < 1.29 is 4.79 Å². The van der Waals surface area contributed by atoms with Crippen LogP contribution in [-0.2, 0) is 16.2 Å². The summed E-state index contributed by atoms with van der Waals surface area (Å²) >= 11 is 0. The number of ketones is 1. The molecule has 0 aromatic heterocycles. The maximum absolute atomic E-state index is 12.3. The summed E-state index contributed by atoms with van der Waals surface area (Å²) < 4.78 is 0. The number of Topliss-reactive ketones (excluding diaryl/α,β-unsaturated/α-hetero) is 1. The van der Waals surface area contributed by atoms with Crippen molar-refractivity contribution in [2.24, 2.45) is 0 Å². The normalized spacial score (nSPS) is 13.4. The van der Waals surface area contributed by atoms with E-state index in [1.165, 1.54) is 16.7 Å². The number of hydrogen-bond donors (Lipinski definition) is 0. The van der Waals surface area contributed by atoms with Crippen LogP contribution in [-0.4, -0.2) is 5.78 Å². The minimum Gasteiger partial charge on any atom is -0.294 e. The fourth-order valence-electron chi connectivity index (χ4n) is 2.64. The minimum atomic E-state index is -0.0394. The Bertz CT molecular complexity index is 508. The van der Waals surface area contributed by atoms with E-state index in [1.807, 2.05) is 0 Å². The van der Waals surface area contributed by atoms with Crippen LogP contribution < -0.4 is 0 Å². The van der Waals surface area contributed by atoms with E-state index in [4.69, 9.17) is 0 Å². The highest BCUT2D eigenvalue weighted by molar-refractivity contribution is 5.98. The number of benzene rings is 1. The lowest BCUT2D eigenvalue weighted by Crippen LogP contribution is -2.25. The third-order valence-electron chi connectivity index (χ3n) is 3.97. The van der Waals surface area contributed by atoms with Gasteiger partial charge in [0.25, 0.3) is 0 Å². The van der Waals surface area contributed by atoms with Gasteiger partial charge in [-0.2, -0.15) is 0 Å². The van der Waals surface area contributed by atoms with E-state index in [1.54, 1.807) is 6.92 Å². The Balaban J connectivity index is 3.89. The van der Waals surface area contributed by atoms with Crippen molar-refractivity contribution in [2.75, 3.05) is 0 Å². The maximum atomic E-state index is 12.3. The Morgan fingerprint density at radius 1 is 0.714 bits per heavy atom. The monoisotopic (exact) mass is 288 g/mol. The summed E-state index contributed by atoms with van der Waals surface area (Å²) in [7, 11) is 0. The van der Waals surface area contributed by atoms with E-state index in [0.29, 0.717) is 0 Å². The largest absolute Gasteiger partial charge is 0.294 e. The van der Waals surface area contributed by atoms with E-state index in [2.05, 4.69) is 74.4 Å². The zero-order chi connectivity index (χ0) is 16.8. The molecule has 1 nitrogen and oxygen atoms in total. The molecular weight excluding hydrogens is 256 g/mol. The zero-order valence-electron chi connectivity index (χ0n) is 15.6. The van der Waals surface area contributed by atoms with Crippen LogP contribution in [0, 0.1) is 0 Å². The second-order valence-electron chi connectivity index (χ2n) is 9.25. The van der Waals surface area contributed by atoms with Crippen molar-refractivity contribution in [3.05, 3.63) is 34.4 Å². The summed E-state index contributed by atoms with van der Waals surface area (Å²) in [6.45, 7) is 21.5. The molecule has 0 amide bonds. The van der Waals surface area contributed by atoms with Crippen LogP contribution in [0.3, 0.4) is 0 Å². The lowest BCUT2D eigenvalue weighted by atomic mass is 9.71. The first-order chi connectivity index (χ1) is 9.15. The molecule has 0 aliphatic carbocycles. The average molecular weight is 288 g/mol. The molecule has 118 valence electrons. The average Bonchev–Trinajstić information content (AvgIpc) is 2.23. The molecule has 0 heterocycles. The van der Waals surface area contributed by atoms with Gasteiger partial charge in [-0.15, -0.1) is 0 Å². The standard InChI is InChI=1S/C20H32O/c1-13(21)17-15(19(5,6)7)11-14(18(2,3)4)12-16(17)20(8,9)10/h11-12H,1-10H3. The fraction of sp³-hybridized carbons (Fsp3) is 0.650. The highest BCUT2D eigenvalue weighted by Gasteiger charge is 2.30. The second kappa shape index (κ2) is 5.26. The molecule has 0 spiro atoms. The SMILES string of the molecule is CC(=O)c1c(C(C)(C)C)cc(C(C)(C)C)cc1C(C)(C)C. The van der Waals surface area contributed by atoms with Gasteiger partial charge in [0.05, 0.1) is 0 Å². The molecule has 1 heteroatoms. The molecule has 0 aliphatic rings. The Morgan fingerprint density at radius 2 is 1.05 bits per heavy atom. The lowest BCUT2D eigenvalue weighted by Gasteiger charge is -2.32. The molecule has 1 aromatic carbocycles. The van der Waals surface area contributed by atoms with Crippen molar-refractivity contribution >= 4 is 5.78 Å². The summed E-state index contributed by atoms with van der Waals surface area (Å²) in [5.74, 6) is 0.172. The van der Waals surface area contributed by atoms with E-state index >= 15 is 0 Å². The first-order valence-corrected chi connectivity index (χ1v) is 7.86. The molecule has 21 heavy (non-hydrogen) atoms. The molecule has 0 aliphatic heterocycles. The molecule has 0 N–H and O–H groups in total. The topological polar surface area (TPSA) is 17.1 Å². The van der Waals surface area contributed by atoms with Gasteiger partial charge < -0.3 is 0 Å². The lowest BCUT2D eigenvalue weighted by molar-refractivity contribution is 0.101. The van der Waals surface area contributed by atoms with Crippen LogP contribution in [0.5, 0.6) is 0 Å². The van der Waals surface area contributed by atoms with Gasteiger partial charge in [0.2, 0.25) is 0 Å². The molecule has 0 radical (unpaired) electrons. The summed E-state index contributed by atoms with van der Waals surface area (Å²) in [5, 5.41) is 0. The predicted octanol–water partition coefficient (Wildman–Crippen LogP) is 5.78. The van der Waals surface area contributed by atoms with Gasteiger partial charge in [-0.05, 0) is 39.9 Å². The number of rotatable bonds is 1. The smallest absolute Gasteiger partial charge is 0.160 e. The first kappa shape index (κ1) is 17.9. The third-order valence-corrected chi connectivity index (χ3v) is 3.97. The molecular formula is C20H32O. The molecule has 0 atom stereocenters. The van der Waals surface area contributed by atoms with Crippen molar-refractivity contribution in [3.63, 3.8) is 0 Å².